The topological polar surface area (TPSA) is 101 Å². The molecule has 1 saturated heterocycles. The first-order valence-electron chi connectivity index (χ1n) is 10.0. The highest BCUT2D eigenvalue weighted by Gasteiger charge is 2.49. The van der Waals surface area contributed by atoms with Gasteiger partial charge in [0.25, 0.3) is 14.1 Å². The minimum absolute atomic E-state index is 0.00878. The fraction of sp³-hybridized carbons (Fsp3) is 0.737. The number of aromatic amines is 2. The van der Waals surface area contributed by atoms with Gasteiger partial charge in [0.2, 0.25) is 6.54 Å². The number of aromatic nitrogens is 2. The molecule has 11 heteroatoms. The predicted molar refractivity (Wildman–Crippen MR) is 112 cm³/mol. The van der Waals surface area contributed by atoms with Crippen LogP contribution in [0.2, 0.25) is 0 Å². The Morgan fingerprint density at radius 2 is 2.00 bits per heavy atom. The molecule has 1 fully saturated rings. The first-order valence-corrected chi connectivity index (χ1v) is 11.2. The van der Waals surface area contributed by atoms with Gasteiger partial charge in [-0.3, -0.25) is 9.78 Å². The molecular formula is C19H30FN4O5P. The largest absolute Gasteiger partial charge is 0.364 e. The molecule has 0 amide bonds. The monoisotopic (exact) mass is 444 g/mol. The quantitative estimate of drug-likeness (QED) is 0.327. The van der Waals surface area contributed by atoms with E-state index in [9.17, 15) is 9.59 Å². The fourth-order valence-corrected chi connectivity index (χ4v) is 5.20. The van der Waals surface area contributed by atoms with Gasteiger partial charge in [-0.2, -0.15) is 0 Å². The zero-order valence-corrected chi connectivity index (χ0v) is 18.8. The van der Waals surface area contributed by atoms with E-state index in [1.807, 2.05) is 39.3 Å². The zero-order valence-electron chi connectivity index (χ0n) is 17.9. The van der Waals surface area contributed by atoms with Crippen molar-refractivity contribution in [1.82, 2.24) is 14.6 Å². The molecule has 1 aliphatic rings. The highest BCUT2D eigenvalue weighted by Crippen LogP contribution is 2.51. The van der Waals surface area contributed by atoms with Crippen molar-refractivity contribution in [2.24, 2.45) is 0 Å². The van der Waals surface area contributed by atoms with Crippen LogP contribution in [0.3, 0.4) is 0 Å². The summed E-state index contributed by atoms with van der Waals surface area (Å²) in [6, 6.07) is 0.143. The molecule has 0 radical (unpaired) electrons. The van der Waals surface area contributed by atoms with Gasteiger partial charge < -0.3 is 23.6 Å². The van der Waals surface area contributed by atoms with Crippen molar-refractivity contribution in [3.05, 3.63) is 44.0 Å². The molecule has 9 nitrogen and oxygen atoms in total. The van der Waals surface area contributed by atoms with Gasteiger partial charge in [0.15, 0.2) is 6.17 Å². The van der Waals surface area contributed by atoms with Crippen LogP contribution in [0.15, 0.2) is 15.8 Å². The van der Waals surface area contributed by atoms with Gasteiger partial charge in [0.1, 0.15) is 18.8 Å². The molecule has 0 aliphatic carbocycles. The minimum atomic E-state index is -1.66. The summed E-state index contributed by atoms with van der Waals surface area (Å²) in [4.78, 5) is 31.2. The van der Waals surface area contributed by atoms with Gasteiger partial charge >= 0.3 is 5.69 Å². The van der Waals surface area contributed by atoms with Crippen molar-refractivity contribution in [2.75, 3.05) is 13.2 Å². The number of nitrogens with zero attached hydrogens (tertiary/aromatic N) is 2. The Hall–Kier alpha value is -1.63. The molecule has 168 valence electrons. The standard InChI is InChI=1S/C19H30FN4O5P/c1-7-14-17(15(20)16(28-14)13-10-22-19(26)23-18(13)25)29-30(27-9-8-21-6)24(11(2)3)12(4)5/h10-12,14-17H,7-9H2,1-5H3,(H2,22,23,25,26)/t14-,15-,16+,17?,30?/m1/s1. The van der Waals surface area contributed by atoms with Crippen LogP contribution < -0.4 is 11.2 Å². The number of nitrogens with one attached hydrogen (secondary N) is 2. The molecule has 2 unspecified atom stereocenters. The van der Waals surface area contributed by atoms with Gasteiger partial charge in [-0.1, -0.05) is 6.92 Å². The molecule has 1 aromatic rings. The molecule has 2 N–H and O–H groups in total. The summed E-state index contributed by atoms with van der Waals surface area (Å²) in [7, 11) is -1.66. The number of alkyl halides is 1. The normalized spacial score (nSPS) is 25.2. The maximum absolute atomic E-state index is 15.5. The molecule has 1 aromatic heterocycles. The first kappa shape index (κ1) is 24.6. The second-order valence-electron chi connectivity index (χ2n) is 7.57. The summed E-state index contributed by atoms with van der Waals surface area (Å²) < 4.78 is 35.3. The van der Waals surface area contributed by atoms with Crippen LogP contribution in [-0.2, 0) is 13.8 Å². The molecule has 0 aromatic carbocycles. The van der Waals surface area contributed by atoms with Crippen LogP contribution in [0.5, 0.6) is 0 Å². The van der Waals surface area contributed by atoms with E-state index in [1.165, 1.54) is 6.20 Å². The van der Waals surface area contributed by atoms with Crippen LogP contribution in [-0.4, -0.2) is 58.3 Å². The Morgan fingerprint density at radius 3 is 2.53 bits per heavy atom. The van der Waals surface area contributed by atoms with E-state index < -0.39 is 44.3 Å². The number of halogens is 1. The van der Waals surface area contributed by atoms with Crippen molar-refractivity contribution in [2.45, 2.75) is 77.6 Å². The van der Waals surface area contributed by atoms with Crippen LogP contribution in [0, 0.1) is 6.57 Å². The lowest BCUT2D eigenvalue weighted by atomic mass is 10.0. The molecule has 30 heavy (non-hydrogen) atoms. The van der Waals surface area contributed by atoms with E-state index >= 15 is 4.39 Å². The van der Waals surface area contributed by atoms with E-state index in [4.69, 9.17) is 20.4 Å². The molecule has 0 saturated carbocycles. The smallest absolute Gasteiger partial charge is 0.325 e. The average Bonchev–Trinajstić information content (AvgIpc) is 2.97. The van der Waals surface area contributed by atoms with Crippen LogP contribution in [0.1, 0.15) is 52.7 Å². The number of ether oxygens (including phenoxy) is 1. The van der Waals surface area contributed by atoms with Crippen molar-refractivity contribution in [3.63, 3.8) is 0 Å². The summed E-state index contributed by atoms with van der Waals surface area (Å²) in [6.07, 6.45) is -2.68. The summed E-state index contributed by atoms with van der Waals surface area (Å²) in [5.74, 6) is 0. The van der Waals surface area contributed by atoms with Gasteiger partial charge in [-0.05, 0) is 34.1 Å². The van der Waals surface area contributed by atoms with Gasteiger partial charge in [0.05, 0.1) is 11.7 Å². The van der Waals surface area contributed by atoms with Gasteiger partial charge in [-0.15, -0.1) is 0 Å². The summed E-state index contributed by atoms with van der Waals surface area (Å²) in [5.41, 5.74) is -1.35. The Bertz CT molecular complexity index is 831. The third kappa shape index (κ3) is 5.74. The molecule has 2 rings (SSSR count). The minimum Gasteiger partial charge on any atom is -0.364 e. The lowest BCUT2D eigenvalue weighted by molar-refractivity contribution is 0.00844. The lowest BCUT2D eigenvalue weighted by Gasteiger charge is -2.37. The SMILES string of the molecule is [C-]#[N+]CCOP(OC1[C@@H](CC)O[C@@H](c2c[nH]c(=O)[nH]c2=O)[C@H]1F)N(C(C)C)C(C)C. The van der Waals surface area contributed by atoms with Crippen LogP contribution in [0.25, 0.3) is 4.85 Å². The second-order valence-corrected chi connectivity index (χ2v) is 8.97. The lowest BCUT2D eigenvalue weighted by Crippen LogP contribution is -2.38. The van der Waals surface area contributed by atoms with Crippen LogP contribution in [0.4, 0.5) is 4.39 Å². The Kier molecular flexibility index (Phi) is 9.13. The van der Waals surface area contributed by atoms with E-state index in [1.54, 1.807) is 0 Å². The Labute approximate surface area is 176 Å². The molecule has 0 spiro atoms. The molecule has 5 atom stereocenters. The van der Waals surface area contributed by atoms with Gasteiger partial charge in [0, 0.05) is 18.3 Å². The summed E-state index contributed by atoms with van der Waals surface area (Å²) in [6.45, 7) is 17.1. The highest BCUT2D eigenvalue weighted by molar-refractivity contribution is 7.44. The molecular weight excluding hydrogens is 414 g/mol. The fourth-order valence-electron chi connectivity index (χ4n) is 3.44. The van der Waals surface area contributed by atoms with E-state index in [-0.39, 0.29) is 30.8 Å². The van der Waals surface area contributed by atoms with E-state index in [0.29, 0.717) is 6.42 Å². The number of H-pyrrole nitrogens is 2. The third-order valence-corrected chi connectivity index (χ3v) is 6.84. The number of hydrogen-bond donors (Lipinski definition) is 2. The summed E-state index contributed by atoms with van der Waals surface area (Å²) >= 11 is 0. The maximum Gasteiger partial charge on any atom is 0.325 e. The Morgan fingerprint density at radius 1 is 1.33 bits per heavy atom. The zero-order chi connectivity index (χ0) is 22.4. The van der Waals surface area contributed by atoms with Crippen molar-refractivity contribution < 1.29 is 18.2 Å². The molecule has 1 aliphatic heterocycles. The van der Waals surface area contributed by atoms with E-state index in [0.717, 1.165) is 0 Å². The highest BCUT2D eigenvalue weighted by atomic mass is 31.2. The second kappa shape index (κ2) is 11.1. The van der Waals surface area contributed by atoms with E-state index in [2.05, 4.69) is 14.8 Å². The Balaban J connectivity index is 2.29. The molecule has 0 bridgehead atoms. The van der Waals surface area contributed by atoms with Crippen molar-refractivity contribution in [1.29, 1.82) is 0 Å². The van der Waals surface area contributed by atoms with Crippen LogP contribution >= 0.6 is 8.53 Å². The van der Waals surface area contributed by atoms with Crippen molar-refractivity contribution >= 4 is 8.53 Å². The van der Waals surface area contributed by atoms with Gasteiger partial charge in [-0.25, -0.2) is 20.4 Å². The first-order chi connectivity index (χ1) is 14.2. The third-order valence-electron chi connectivity index (χ3n) is 4.71. The maximum atomic E-state index is 15.5. The number of hydrogen-bond acceptors (Lipinski definition) is 6. The summed E-state index contributed by atoms with van der Waals surface area (Å²) in [5, 5.41) is 0. The predicted octanol–water partition coefficient (Wildman–Crippen LogP) is 2.92. The molecule has 2 heterocycles. The van der Waals surface area contributed by atoms with Crippen molar-refractivity contribution in [3.8, 4) is 0 Å². The number of rotatable bonds is 10. The average molecular weight is 444 g/mol.